The van der Waals surface area contributed by atoms with Gasteiger partial charge in [0.1, 0.15) is 6.04 Å². The smallest absolute Gasteiger partial charge is 0.247 e. The lowest BCUT2D eigenvalue weighted by molar-refractivity contribution is -0.137. The number of rotatable bonds is 4. The van der Waals surface area contributed by atoms with Crippen molar-refractivity contribution in [2.45, 2.75) is 45.1 Å². The maximum Gasteiger partial charge on any atom is 0.247 e. The lowest BCUT2D eigenvalue weighted by Crippen LogP contribution is -2.43. The Kier molecular flexibility index (Phi) is 3.95. The summed E-state index contributed by atoms with van der Waals surface area (Å²) in [6.45, 7) is 2.83. The first-order chi connectivity index (χ1) is 10.2. The van der Waals surface area contributed by atoms with Crippen molar-refractivity contribution in [1.82, 2.24) is 4.90 Å². The number of nitrogens with one attached hydrogen (secondary N) is 1. The molecule has 1 heterocycles. The monoisotopic (exact) mass is 286 g/mol. The van der Waals surface area contributed by atoms with Crippen molar-refractivity contribution in [3.05, 3.63) is 29.8 Å². The van der Waals surface area contributed by atoms with Gasteiger partial charge in [-0.25, -0.2) is 0 Å². The number of aryl methyl sites for hydroxylation is 1. The van der Waals surface area contributed by atoms with Gasteiger partial charge in [-0.3, -0.25) is 9.59 Å². The third kappa shape index (κ3) is 3.09. The molecule has 2 aliphatic rings. The molecule has 3 rings (SSSR count). The predicted octanol–water partition coefficient (Wildman–Crippen LogP) is 2.59. The van der Waals surface area contributed by atoms with Crippen LogP contribution in [0.3, 0.4) is 0 Å². The van der Waals surface area contributed by atoms with Gasteiger partial charge < -0.3 is 10.2 Å². The first-order valence-corrected chi connectivity index (χ1v) is 7.89. The Morgan fingerprint density at radius 3 is 2.52 bits per heavy atom. The van der Waals surface area contributed by atoms with E-state index in [1.807, 2.05) is 24.3 Å². The molecule has 1 saturated heterocycles. The maximum atomic E-state index is 12.4. The van der Waals surface area contributed by atoms with Gasteiger partial charge in [0.2, 0.25) is 11.8 Å². The summed E-state index contributed by atoms with van der Waals surface area (Å²) in [7, 11) is 0. The van der Waals surface area contributed by atoms with Gasteiger partial charge in [-0.1, -0.05) is 19.1 Å². The quantitative estimate of drug-likeness (QED) is 0.925. The molecule has 0 radical (unpaired) electrons. The minimum atomic E-state index is -0.288. The third-order valence-electron chi connectivity index (χ3n) is 4.39. The van der Waals surface area contributed by atoms with Crippen molar-refractivity contribution in [1.29, 1.82) is 0 Å². The number of nitrogens with zero attached hydrogens (tertiary/aromatic N) is 1. The van der Waals surface area contributed by atoms with E-state index in [4.69, 9.17) is 0 Å². The number of likely N-dealkylation sites (tertiary alicyclic amines) is 1. The van der Waals surface area contributed by atoms with E-state index >= 15 is 0 Å². The second kappa shape index (κ2) is 5.88. The van der Waals surface area contributed by atoms with Gasteiger partial charge in [0.05, 0.1) is 0 Å². The average Bonchev–Trinajstić information content (AvgIpc) is 3.23. The molecule has 1 atom stereocenters. The summed E-state index contributed by atoms with van der Waals surface area (Å²) in [6, 6.07) is 7.62. The standard InChI is InChI=1S/C17H22N2O2/c1-2-12-5-9-14(10-6-12)18-16(20)15-4-3-11-19(15)17(21)13-7-8-13/h5-6,9-10,13,15H,2-4,7-8,11H2,1H3,(H,18,20)/t15-/m0/s1. The number of benzene rings is 1. The molecule has 2 fully saturated rings. The summed E-state index contributed by atoms with van der Waals surface area (Å²) in [4.78, 5) is 26.4. The Hall–Kier alpha value is -1.84. The van der Waals surface area contributed by atoms with Crippen LogP contribution < -0.4 is 5.32 Å². The Balaban J connectivity index is 1.64. The van der Waals surface area contributed by atoms with E-state index < -0.39 is 0 Å². The van der Waals surface area contributed by atoms with Crippen LogP contribution in [0.4, 0.5) is 5.69 Å². The van der Waals surface area contributed by atoms with Gasteiger partial charge in [-0.05, 0) is 49.8 Å². The minimum absolute atomic E-state index is 0.0502. The highest BCUT2D eigenvalue weighted by Crippen LogP contribution is 2.33. The number of carbonyl (C=O) groups is 2. The van der Waals surface area contributed by atoms with E-state index in [9.17, 15) is 9.59 Å². The van der Waals surface area contributed by atoms with Crippen LogP contribution in [-0.2, 0) is 16.0 Å². The summed E-state index contributed by atoms with van der Waals surface area (Å²) in [5.74, 6) is 0.307. The van der Waals surface area contributed by atoms with Crippen molar-refractivity contribution in [2.75, 3.05) is 11.9 Å². The van der Waals surface area contributed by atoms with E-state index in [0.29, 0.717) is 0 Å². The zero-order valence-corrected chi connectivity index (χ0v) is 12.5. The molecule has 1 aliphatic carbocycles. The number of amides is 2. The third-order valence-corrected chi connectivity index (χ3v) is 4.39. The number of carbonyl (C=O) groups excluding carboxylic acids is 2. The molecule has 1 aromatic carbocycles. The highest BCUT2D eigenvalue weighted by atomic mass is 16.2. The number of anilines is 1. The van der Waals surface area contributed by atoms with Crippen molar-refractivity contribution < 1.29 is 9.59 Å². The number of hydrogen-bond acceptors (Lipinski definition) is 2. The molecule has 0 aromatic heterocycles. The summed E-state index contributed by atoms with van der Waals surface area (Å²) in [6.07, 6.45) is 4.66. The fraction of sp³-hybridized carbons (Fsp3) is 0.529. The minimum Gasteiger partial charge on any atom is -0.330 e. The van der Waals surface area contributed by atoms with Crippen LogP contribution in [0.2, 0.25) is 0 Å². The summed E-state index contributed by atoms with van der Waals surface area (Å²) < 4.78 is 0. The van der Waals surface area contributed by atoms with Crippen molar-refractivity contribution in [3.8, 4) is 0 Å². The van der Waals surface area contributed by atoms with E-state index in [-0.39, 0.29) is 23.8 Å². The molecule has 0 spiro atoms. The lowest BCUT2D eigenvalue weighted by atomic mass is 10.1. The SMILES string of the molecule is CCc1ccc(NC(=O)[C@@H]2CCCN2C(=O)C2CC2)cc1. The molecule has 4 heteroatoms. The summed E-state index contributed by atoms with van der Waals surface area (Å²) in [5.41, 5.74) is 2.06. The number of hydrogen-bond donors (Lipinski definition) is 1. The summed E-state index contributed by atoms with van der Waals surface area (Å²) in [5, 5.41) is 2.95. The topological polar surface area (TPSA) is 49.4 Å². The molecule has 21 heavy (non-hydrogen) atoms. The van der Waals surface area contributed by atoms with Gasteiger partial charge >= 0.3 is 0 Å². The zero-order chi connectivity index (χ0) is 14.8. The average molecular weight is 286 g/mol. The molecule has 0 unspecified atom stereocenters. The van der Waals surface area contributed by atoms with E-state index in [1.165, 1.54) is 5.56 Å². The molecular formula is C17H22N2O2. The molecule has 4 nitrogen and oxygen atoms in total. The second-order valence-corrected chi connectivity index (χ2v) is 6.00. The zero-order valence-electron chi connectivity index (χ0n) is 12.5. The van der Waals surface area contributed by atoms with Gasteiger partial charge in [0, 0.05) is 18.2 Å². The van der Waals surface area contributed by atoms with Crippen LogP contribution in [0.5, 0.6) is 0 Å². The van der Waals surface area contributed by atoms with Crippen molar-refractivity contribution in [3.63, 3.8) is 0 Å². The molecular weight excluding hydrogens is 264 g/mol. The molecule has 0 bridgehead atoms. The Morgan fingerprint density at radius 1 is 1.19 bits per heavy atom. The molecule has 1 aromatic rings. The van der Waals surface area contributed by atoms with E-state index in [2.05, 4.69) is 12.2 Å². The first-order valence-electron chi connectivity index (χ1n) is 7.89. The van der Waals surface area contributed by atoms with Gasteiger partial charge in [0.25, 0.3) is 0 Å². The van der Waals surface area contributed by atoms with Crippen molar-refractivity contribution in [2.24, 2.45) is 5.92 Å². The highest BCUT2D eigenvalue weighted by molar-refractivity contribution is 5.98. The largest absolute Gasteiger partial charge is 0.330 e. The van der Waals surface area contributed by atoms with Crippen molar-refractivity contribution >= 4 is 17.5 Å². The fourth-order valence-electron chi connectivity index (χ4n) is 2.92. The molecule has 1 N–H and O–H groups in total. The van der Waals surface area contributed by atoms with E-state index in [1.54, 1.807) is 4.90 Å². The van der Waals surface area contributed by atoms with Gasteiger partial charge in [-0.15, -0.1) is 0 Å². The van der Waals surface area contributed by atoms with Crippen LogP contribution in [0.25, 0.3) is 0 Å². The van der Waals surface area contributed by atoms with Gasteiger partial charge in [-0.2, -0.15) is 0 Å². The molecule has 112 valence electrons. The van der Waals surface area contributed by atoms with Crippen LogP contribution in [0.15, 0.2) is 24.3 Å². The molecule has 2 amide bonds. The predicted molar refractivity (Wildman–Crippen MR) is 81.9 cm³/mol. The van der Waals surface area contributed by atoms with Crippen LogP contribution in [0.1, 0.15) is 38.2 Å². The summed E-state index contributed by atoms with van der Waals surface area (Å²) >= 11 is 0. The Bertz CT molecular complexity index is 534. The van der Waals surface area contributed by atoms with Crippen LogP contribution >= 0.6 is 0 Å². The highest BCUT2D eigenvalue weighted by Gasteiger charge is 2.40. The van der Waals surface area contributed by atoms with Crippen LogP contribution in [-0.4, -0.2) is 29.3 Å². The Morgan fingerprint density at radius 2 is 1.90 bits per heavy atom. The fourth-order valence-corrected chi connectivity index (χ4v) is 2.92. The van der Waals surface area contributed by atoms with Gasteiger partial charge in [0.15, 0.2) is 0 Å². The van der Waals surface area contributed by atoms with Crippen LogP contribution in [0, 0.1) is 5.92 Å². The van der Waals surface area contributed by atoms with E-state index in [0.717, 1.165) is 44.3 Å². The molecule has 1 saturated carbocycles. The maximum absolute atomic E-state index is 12.4. The normalized spacial score (nSPS) is 21.4. The molecule has 1 aliphatic heterocycles. The first kappa shape index (κ1) is 14.1. The Labute approximate surface area is 125 Å². The lowest BCUT2D eigenvalue weighted by Gasteiger charge is -2.24. The second-order valence-electron chi connectivity index (χ2n) is 6.00.